The molecular formula is C35H32N6O2. The number of benzene rings is 1. The van der Waals surface area contributed by atoms with Crippen LogP contribution >= 0.6 is 0 Å². The zero-order valence-electron chi connectivity index (χ0n) is 24.1. The Morgan fingerprint density at radius 1 is 1.05 bits per heavy atom. The molecule has 8 nitrogen and oxygen atoms in total. The maximum absolute atomic E-state index is 13.6. The van der Waals surface area contributed by atoms with Crippen LogP contribution in [0.5, 0.6) is 0 Å². The van der Waals surface area contributed by atoms with Gasteiger partial charge in [-0.1, -0.05) is 6.07 Å². The molecule has 214 valence electrons. The molecule has 1 N–H and O–H groups in total. The molecule has 0 spiro atoms. The summed E-state index contributed by atoms with van der Waals surface area (Å²) in [5, 5.41) is 9.09. The third-order valence-corrected chi connectivity index (χ3v) is 11.1. The van der Waals surface area contributed by atoms with Crippen molar-refractivity contribution in [3.8, 4) is 22.6 Å². The summed E-state index contributed by atoms with van der Waals surface area (Å²) in [6, 6.07) is 16.9. The zero-order valence-corrected chi connectivity index (χ0v) is 24.1. The number of carbonyl (C=O) groups is 2. The number of hydrogen-bond acceptors (Lipinski definition) is 4. The lowest BCUT2D eigenvalue weighted by atomic mass is 9.53. The second-order valence-electron chi connectivity index (χ2n) is 13.6. The summed E-state index contributed by atoms with van der Waals surface area (Å²) < 4.78 is 4.26. The van der Waals surface area contributed by atoms with Crippen molar-refractivity contribution in [1.29, 1.82) is 0 Å². The van der Waals surface area contributed by atoms with E-state index in [9.17, 15) is 9.59 Å². The number of nitrogens with zero attached hydrogens (tertiary/aromatic N) is 5. The number of pyridine rings is 2. The predicted molar refractivity (Wildman–Crippen MR) is 163 cm³/mol. The standard InChI is InChI=1S/C35H32N6O2/c1-18-28-9-6-22(35(43)40-16-25-11-23-13-29(40)31(23)25)17-41(28)38-32(18)30-12-21-5-8-27(37-33(21)39(30)15-19-2-3-19)20-4-7-26-24(10-20)14-36-34(26)42/h4-10,12,17,19,23,25,29,31H,2-3,11,13-16H2,1H3,(H,36,42)/t23?,25?,29?,31-/m1/s1. The highest BCUT2D eigenvalue weighted by molar-refractivity contribution is 5.99. The second-order valence-corrected chi connectivity index (χ2v) is 13.6. The van der Waals surface area contributed by atoms with E-state index >= 15 is 0 Å². The number of nitrogens with one attached hydrogen (secondary N) is 1. The molecule has 10 rings (SSSR count). The number of carbonyl (C=O) groups excluding carboxylic acids is 2. The lowest BCUT2D eigenvalue weighted by Crippen LogP contribution is -2.53. The Kier molecular flexibility index (Phi) is 4.66. The first-order valence-corrected chi connectivity index (χ1v) is 15.7. The predicted octanol–water partition coefficient (Wildman–Crippen LogP) is 5.46. The average Bonchev–Trinajstić information content (AvgIpc) is 3.54. The fraction of sp³-hybridized carbons (Fsp3) is 0.371. The minimum Gasteiger partial charge on any atom is -0.348 e. The SMILES string of the molecule is Cc1c(-c2cc3ccc(-c4ccc5c(c4)CNC5=O)nc3n2CC2CC2)nn2cc(C(=O)N3CC4CC5CC3[C@H]54)ccc12. The lowest BCUT2D eigenvalue weighted by Gasteiger charge is -2.52. The Morgan fingerprint density at radius 3 is 2.79 bits per heavy atom. The lowest BCUT2D eigenvalue weighted by molar-refractivity contribution is -0.0204. The number of aryl methyl sites for hydroxylation is 1. The Labute approximate surface area is 248 Å². The monoisotopic (exact) mass is 568 g/mol. The van der Waals surface area contributed by atoms with E-state index in [1.165, 1.54) is 25.7 Å². The van der Waals surface area contributed by atoms with Crippen LogP contribution in [0.25, 0.3) is 39.2 Å². The maximum atomic E-state index is 13.6. The summed E-state index contributed by atoms with van der Waals surface area (Å²) in [6.07, 6.45) is 6.90. The van der Waals surface area contributed by atoms with Crippen LogP contribution in [0.1, 0.15) is 57.5 Å². The third kappa shape index (κ3) is 3.37. The molecule has 1 aromatic carbocycles. The molecule has 3 unspecified atom stereocenters. The van der Waals surface area contributed by atoms with Gasteiger partial charge in [-0.05, 0) is 104 Å². The molecule has 6 heterocycles. The number of hydrogen-bond donors (Lipinski definition) is 1. The minimum atomic E-state index is -0.00771. The molecular weight excluding hydrogens is 536 g/mol. The molecule has 0 radical (unpaired) electrons. The van der Waals surface area contributed by atoms with E-state index in [-0.39, 0.29) is 11.8 Å². The molecule has 3 aliphatic carbocycles. The van der Waals surface area contributed by atoms with Crippen LogP contribution in [0.3, 0.4) is 0 Å². The number of fused-ring (bicyclic) bond motifs is 3. The maximum Gasteiger partial charge on any atom is 0.255 e. The molecule has 8 heteroatoms. The van der Waals surface area contributed by atoms with Crippen molar-refractivity contribution in [3.05, 3.63) is 77.0 Å². The molecule has 2 aliphatic heterocycles. The van der Waals surface area contributed by atoms with Crippen molar-refractivity contribution in [3.63, 3.8) is 0 Å². The number of likely N-dealkylation sites (tertiary alicyclic amines) is 1. The van der Waals surface area contributed by atoms with Gasteiger partial charge in [0.05, 0.1) is 22.5 Å². The van der Waals surface area contributed by atoms with Gasteiger partial charge in [0.2, 0.25) is 0 Å². The molecule has 4 atom stereocenters. The van der Waals surface area contributed by atoms with Crippen molar-refractivity contribution in [2.45, 2.75) is 51.7 Å². The van der Waals surface area contributed by atoms with E-state index < -0.39 is 0 Å². The Bertz CT molecular complexity index is 2050. The fourth-order valence-electron chi connectivity index (χ4n) is 8.53. The van der Waals surface area contributed by atoms with Crippen molar-refractivity contribution in [2.24, 2.45) is 23.7 Å². The Balaban J connectivity index is 1.05. The van der Waals surface area contributed by atoms with E-state index in [2.05, 4.69) is 52.0 Å². The molecule has 4 fully saturated rings. The Morgan fingerprint density at radius 2 is 1.95 bits per heavy atom. The van der Waals surface area contributed by atoms with Gasteiger partial charge in [0.25, 0.3) is 11.8 Å². The summed E-state index contributed by atoms with van der Waals surface area (Å²) >= 11 is 0. The molecule has 4 aromatic heterocycles. The smallest absolute Gasteiger partial charge is 0.255 e. The summed E-state index contributed by atoms with van der Waals surface area (Å²) in [5.41, 5.74) is 9.51. The summed E-state index contributed by atoms with van der Waals surface area (Å²) in [5.74, 6) is 3.16. The topological polar surface area (TPSA) is 84.5 Å². The second kappa shape index (κ2) is 8.34. The first kappa shape index (κ1) is 24.0. The van der Waals surface area contributed by atoms with Crippen molar-refractivity contribution in [1.82, 2.24) is 29.4 Å². The molecule has 43 heavy (non-hydrogen) atoms. The first-order chi connectivity index (χ1) is 21.0. The van der Waals surface area contributed by atoms with Crippen LogP contribution in [0, 0.1) is 30.6 Å². The van der Waals surface area contributed by atoms with Crippen molar-refractivity contribution >= 4 is 28.4 Å². The molecule has 5 aliphatic rings. The quantitative estimate of drug-likeness (QED) is 0.305. The van der Waals surface area contributed by atoms with Gasteiger partial charge in [-0.15, -0.1) is 0 Å². The van der Waals surface area contributed by atoms with Crippen LogP contribution in [0.4, 0.5) is 0 Å². The highest BCUT2D eigenvalue weighted by atomic mass is 16.2. The summed E-state index contributed by atoms with van der Waals surface area (Å²) in [4.78, 5) is 33.0. The van der Waals surface area contributed by atoms with Crippen molar-refractivity contribution in [2.75, 3.05) is 6.54 Å². The minimum absolute atomic E-state index is 0.00771. The van der Waals surface area contributed by atoms with E-state index in [0.29, 0.717) is 18.5 Å². The largest absolute Gasteiger partial charge is 0.348 e. The van der Waals surface area contributed by atoms with Crippen LogP contribution in [-0.2, 0) is 13.1 Å². The van der Waals surface area contributed by atoms with Crippen LogP contribution in [0.2, 0.25) is 0 Å². The molecule has 1 saturated heterocycles. The zero-order chi connectivity index (χ0) is 28.6. The molecule has 2 amide bonds. The number of aromatic nitrogens is 4. The molecule has 3 saturated carbocycles. The number of amides is 2. The average molecular weight is 569 g/mol. The number of rotatable bonds is 5. The van der Waals surface area contributed by atoms with Gasteiger partial charge < -0.3 is 14.8 Å². The van der Waals surface area contributed by atoms with E-state index in [1.54, 1.807) is 0 Å². The van der Waals surface area contributed by atoms with Crippen LogP contribution in [-0.4, -0.2) is 48.5 Å². The molecule has 5 aromatic rings. The molecule has 0 bridgehead atoms. The van der Waals surface area contributed by atoms with Gasteiger partial charge in [-0.3, -0.25) is 9.59 Å². The van der Waals surface area contributed by atoms with E-state index in [1.807, 2.05) is 28.9 Å². The highest BCUT2D eigenvalue weighted by Crippen LogP contribution is 2.60. The van der Waals surface area contributed by atoms with Crippen LogP contribution < -0.4 is 5.32 Å². The third-order valence-electron chi connectivity index (χ3n) is 11.1. The van der Waals surface area contributed by atoms with Gasteiger partial charge in [0, 0.05) is 53.9 Å². The Hall–Kier alpha value is -4.46. The summed E-state index contributed by atoms with van der Waals surface area (Å²) in [6.45, 7) is 4.52. The van der Waals surface area contributed by atoms with E-state index in [0.717, 1.165) is 92.3 Å². The van der Waals surface area contributed by atoms with Gasteiger partial charge in [0.15, 0.2) is 0 Å². The van der Waals surface area contributed by atoms with Gasteiger partial charge in [-0.2, -0.15) is 5.10 Å². The van der Waals surface area contributed by atoms with Crippen molar-refractivity contribution < 1.29 is 9.59 Å². The normalized spacial score (nSPS) is 25.0. The van der Waals surface area contributed by atoms with Gasteiger partial charge in [-0.25, -0.2) is 9.50 Å². The highest BCUT2D eigenvalue weighted by Gasteiger charge is 2.61. The van der Waals surface area contributed by atoms with Gasteiger partial charge >= 0.3 is 0 Å². The first-order valence-electron chi connectivity index (χ1n) is 15.7. The van der Waals surface area contributed by atoms with Crippen LogP contribution in [0.15, 0.2) is 54.7 Å². The fourth-order valence-corrected chi connectivity index (χ4v) is 8.53. The van der Waals surface area contributed by atoms with E-state index in [4.69, 9.17) is 10.1 Å². The summed E-state index contributed by atoms with van der Waals surface area (Å²) in [7, 11) is 0. The van der Waals surface area contributed by atoms with Gasteiger partial charge in [0.1, 0.15) is 11.3 Å².